The lowest BCUT2D eigenvalue weighted by Crippen LogP contribution is -2.41. The van der Waals surface area contributed by atoms with Crippen LogP contribution in [0.4, 0.5) is 0 Å². The lowest BCUT2D eigenvalue weighted by atomic mass is 10.0. The van der Waals surface area contributed by atoms with Crippen molar-refractivity contribution in [2.75, 3.05) is 27.2 Å². The number of likely N-dealkylation sites (N-methyl/N-ethyl adjacent to an activating group) is 1. The first-order chi connectivity index (χ1) is 6.17. The smallest absolute Gasteiger partial charge is 0.0823 e. The number of nitrogens with zero attached hydrogens (tertiary/aromatic N) is 1. The van der Waals surface area contributed by atoms with Crippen molar-refractivity contribution in [2.24, 2.45) is 0 Å². The SMILES string of the molecule is C[N+]1(C)CCc2ccccc2CC1. The predicted molar refractivity (Wildman–Crippen MR) is 55.7 cm³/mol. The molecule has 0 saturated heterocycles. The van der Waals surface area contributed by atoms with Crippen molar-refractivity contribution in [3.8, 4) is 0 Å². The van der Waals surface area contributed by atoms with Crippen molar-refractivity contribution in [1.29, 1.82) is 0 Å². The Morgan fingerprint density at radius 1 is 0.923 bits per heavy atom. The number of hydrogen-bond acceptors (Lipinski definition) is 0. The average Bonchev–Trinajstić information content (AvgIpc) is 2.27. The summed E-state index contributed by atoms with van der Waals surface area (Å²) in [4.78, 5) is 0. The molecular weight excluding hydrogens is 158 g/mol. The molecule has 0 aliphatic carbocycles. The summed E-state index contributed by atoms with van der Waals surface area (Å²) in [6, 6.07) is 8.87. The van der Waals surface area contributed by atoms with E-state index in [-0.39, 0.29) is 0 Å². The van der Waals surface area contributed by atoms with Gasteiger partial charge in [0.25, 0.3) is 0 Å². The summed E-state index contributed by atoms with van der Waals surface area (Å²) in [5.41, 5.74) is 3.12. The fraction of sp³-hybridized carbons (Fsp3) is 0.500. The van der Waals surface area contributed by atoms with Gasteiger partial charge in [-0.05, 0) is 11.1 Å². The van der Waals surface area contributed by atoms with Gasteiger partial charge in [-0.3, -0.25) is 0 Å². The number of quaternary nitrogens is 1. The van der Waals surface area contributed by atoms with Gasteiger partial charge in [0.1, 0.15) is 0 Å². The molecule has 0 saturated carbocycles. The number of benzene rings is 1. The largest absolute Gasteiger partial charge is 0.328 e. The summed E-state index contributed by atoms with van der Waals surface area (Å²) >= 11 is 0. The van der Waals surface area contributed by atoms with Gasteiger partial charge >= 0.3 is 0 Å². The van der Waals surface area contributed by atoms with Crippen molar-refractivity contribution in [3.63, 3.8) is 0 Å². The fourth-order valence-corrected chi connectivity index (χ4v) is 2.00. The molecule has 0 bridgehead atoms. The molecule has 1 heteroatoms. The molecule has 1 aromatic carbocycles. The average molecular weight is 176 g/mol. The number of hydrogen-bond donors (Lipinski definition) is 0. The third-order valence-corrected chi connectivity index (χ3v) is 3.09. The molecule has 1 aliphatic rings. The minimum absolute atomic E-state index is 1.16. The zero-order chi connectivity index (χ0) is 9.31. The third-order valence-electron chi connectivity index (χ3n) is 3.09. The van der Waals surface area contributed by atoms with Crippen molar-refractivity contribution >= 4 is 0 Å². The standard InChI is InChI=1S/C12H18N/c1-13(2)9-7-11-5-3-4-6-12(11)8-10-13/h3-6H,7-10H2,1-2H3/q+1. The highest BCUT2D eigenvalue weighted by atomic mass is 15.3. The molecule has 1 aliphatic heterocycles. The zero-order valence-electron chi connectivity index (χ0n) is 8.59. The van der Waals surface area contributed by atoms with E-state index in [2.05, 4.69) is 38.4 Å². The van der Waals surface area contributed by atoms with Crippen molar-refractivity contribution in [1.82, 2.24) is 0 Å². The van der Waals surface area contributed by atoms with E-state index in [9.17, 15) is 0 Å². The van der Waals surface area contributed by atoms with Gasteiger partial charge in [0.05, 0.1) is 27.2 Å². The van der Waals surface area contributed by atoms with E-state index in [1.807, 2.05) is 0 Å². The van der Waals surface area contributed by atoms with Gasteiger partial charge < -0.3 is 4.48 Å². The van der Waals surface area contributed by atoms with Crippen LogP contribution in [0.5, 0.6) is 0 Å². The predicted octanol–water partition coefficient (Wildman–Crippen LogP) is 1.86. The van der Waals surface area contributed by atoms with Gasteiger partial charge in [-0.15, -0.1) is 0 Å². The molecule has 0 radical (unpaired) electrons. The van der Waals surface area contributed by atoms with Gasteiger partial charge in [0.15, 0.2) is 0 Å². The van der Waals surface area contributed by atoms with Gasteiger partial charge in [-0.1, -0.05) is 24.3 Å². The van der Waals surface area contributed by atoms with Crippen LogP contribution in [0.3, 0.4) is 0 Å². The second kappa shape index (κ2) is 3.15. The topological polar surface area (TPSA) is 0 Å². The molecule has 13 heavy (non-hydrogen) atoms. The quantitative estimate of drug-likeness (QED) is 0.529. The minimum atomic E-state index is 1.16. The second-order valence-electron chi connectivity index (χ2n) is 4.65. The Morgan fingerprint density at radius 2 is 1.38 bits per heavy atom. The van der Waals surface area contributed by atoms with Crippen LogP contribution in [0.2, 0.25) is 0 Å². The number of rotatable bonds is 0. The van der Waals surface area contributed by atoms with Crippen molar-refractivity contribution in [2.45, 2.75) is 12.8 Å². The van der Waals surface area contributed by atoms with Gasteiger partial charge in [-0.25, -0.2) is 0 Å². The van der Waals surface area contributed by atoms with Crippen LogP contribution in [-0.4, -0.2) is 31.7 Å². The Morgan fingerprint density at radius 3 is 1.85 bits per heavy atom. The van der Waals surface area contributed by atoms with Gasteiger partial charge in [0, 0.05) is 12.8 Å². The van der Waals surface area contributed by atoms with E-state index in [1.165, 1.54) is 25.9 Å². The normalized spacial score (nSPS) is 20.5. The maximum absolute atomic E-state index is 2.33. The van der Waals surface area contributed by atoms with Gasteiger partial charge in [-0.2, -0.15) is 0 Å². The molecule has 70 valence electrons. The first-order valence-corrected chi connectivity index (χ1v) is 5.06. The minimum Gasteiger partial charge on any atom is -0.328 e. The molecule has 0 spiro atoms. The first kappa shape index (κ1) is 8.76. The lowest BCUT2D eigenvalue weighted by molar-refractivity contribution is -0.889. The van der Waals surface area contributed by atoms with Crippen LogP contribution in [-0.2, 0) is 12.8 Å². The first-order valence-electron chi connectivity index (χ1n) is 5.06. The van der Waals surface area contributed by atoms with Crippen LogP contribution in [0, 0.1) is 0 Å². The molecule has 1 nitrogen and oxygen atoms in total. The van der Waals surface area contributed by atoms with E-state index in [1.54, 1.807) is 11.1 Å². The summed E-state index contributed by atoms with van der Waals surface area (Å²) in [5, 5.41) is 0. The molecule has 1 heterocycles. The maximum atomic E-state index is 2.33. The summed E-state index contributed by atoms with van der Waals surface area (Å²) in [5.74, 6) is 0. The van der Waals surface area contributed by atoms with E-state index >= 15 is 0 Å². The number of fused-ring (bicyclic) bond motifs is 1. The molecule has 0 unspecified atom stereocenters. The molecule has 0 fully saturated rings. The monoisotopic (exact) mass is 176 g/mol. The Labute approximate surface area is 80.6 Å². The fourth-order valence-electron chi connectivity index (χ4n) is 2.00. The zero-order valence-corrected chi connectivity index (χ0v) is 8.59. The molecule has 2 rings (SSSR count). The summed E-state index contributed by atoms with van der Waals surface area (Å²) in [6.45, 7) is 2.55. The van der Waals surface area contributed by atoms with Crippen LogP contribution in [0.1, 0.15) is 11.1 Å². The third kappa shape index (κ3) is 1.92. The Bertz CT molecular complexity index is 273. The highest BCUT2D eigenvalue weighted by Gasteiger charge is 2.20. The maximum Gasteiger partial charge on any atom is 0.0823 e. The highest BCUT2D eigenvalue weighted by Crippen LogP contribution is 2.17. The highest BCUT2D eigenvalue weighted by molar-refractivity contribution is 5.27. The molecule has 1 aromatic rings. The van der Waals surface area contributed by atoms with Gasteiger partial charge in [0.2, 0.25) is 0 Å². The summed E-state index contributed by atoms with van der Waals surface area (Å²) in [7, 11) is 4.65. The molecule has 0 N–H and O–H groups in total. The van der Waals surface area contributed by atoms with Crippen molar-refractivity contribution in [3.05, 3.63) is 35.4 Å². The Balaban J connectivity index is 2.27. The van der Waals surface area contributed by atoms with Crippen LogP contribution in [0.15, 0.2) is 24.3 Å². The summed E-state index contributed by atoms with van der Waals surface area (Å²) < 4.78 is 1.16. The molecule has 0 atom stereocenters. The second-order valence-corrected chi connectivity index (χ2v) is 4.65. The van der Waals surface area contributed by atoms with Crippen LogP contribution >= 0.6 is 0 Å². The lowest BCUT2D eigenvalue weighted by Gasteiger charge is -2.27. The van der Waals surface area contributed by atoms with Crippen LogP contribution in [0.25, 0.3) is 0 Å². The Hall–Kier alpha value is -0.820. The molecule has 0 amide bonds. The van der Waals surface area contributed by atoms with E-state index in [0.29, 0.717) is 0 Å². The van der Waals surface area contributed by atoms with Crippen LogP contribution < -0.4 is 0 Å². The Kier molecular flexibility index (Phi) is 2.12. The van der Waals surface area contributed by atoms with Crippen molar-refractivity contribution < 1.29 is 4.48 Å². The van der Waals surface area contributed by atoms with E-state index < -0.39 is 0 Å². The molecule has 0 aromatic heterocycles. The van der Waals surface area contributed by atoms with E-state index in [4.69, 9.17) is 0 Å². The molecular formula is C12H18N+. The summed E-state index contributed by atoms with van der Waals surface area (Å²) in [6.07, 6.45) is 2.48. The van der Waals surface area contributed by atoms with E-state index in [0.717, 1.165) is 4.48 Å².